The molecule has 0 atom stereocenters. The molecule has 0 aliphatic carbocycles. The van der Waals surface area contributed by atoms with Crippen molar-refractivity contribution in [2.75, 3.05) is 0 Å². The lowest BCUT2D eigenvalue weighted by Crippen LogP contribution is -1.87. The molecular weight excluding hydrogens is 302 g/mol. The fourth-order valence-electron chi connectivity index (χ4n) is 2.41. The van der Waals surface area contributed by atoms with Gasteiger partial charge in [-0.15, -0.1) is 0 Å². The van der Waals surface area contributed by atoms with Gasteiger partial charge in [0, 0.05) is 11.1 Å². The lowest BCUT2D eigenvalue weighted by atomic mass is 9.99. The van der Waals surface area contributed by atoms with E-state index < -0.39 is 5.82 Å². The molecule has 0 radical (unpaired) electrons. The molecule has 0 heterocycles. The number of benzene rings is 3. The molecule has 0 spiro atoms. The van der Waals surface area contributed by atoms with Gasteiger partial charge in [0.25, 0.3) is 0 Å². The molecule has 0 saturated carbocycles. The first kappa shape index (κ1) is 14.7. The Morgan fingerprint density at radius 3 is 2.00 bits per heavy atom. The molecule has 0 aliphatic rings. The summed E-state index contributed by atoms with van der Waals surface area (Å²) in [6.07, 6.45) is 0. The summed E-state index contributed by atoms with van der Waals surface area (Å²) < 4.78 is 27.5. The lowest BCUT2D eigenvalue weighted by Gasteiger charge is -2.08. The Bertz CT molecular complexity index is 823. The highest BCUT2D eigenvalue weighted by Gasteiger charge is 2.09. The van der Waals surface area contributed by atoms with Crippen molar-refractivity contribution < 1.29 is 8.78 Å². The van der Waals surface area contributed by atoms with E-state index in [-0.39, 0.29) is 10.8 Å². The zero-order valence-electron chi connectivity index (χ0n) is 11.9. The SMILES string of the molecule is Cc1ccc(-c2ccc(-c3cccc(F)c3Cl)cc2)c(F)c1. The summed E-state index contributed by atoms with van der Waals surface area (Å²) in [5, 5.41) is 0.0942. The standard InChI is InChI=1S/C19H13ClF2/c1-12-5-10-15(18(22)11-12)13-6-8-14(9-7-13)16-3-2-4-17(21)19(16)20/h2-11H,1H3. The van der Waals surface area contributed by atoms with E-state index in [4.69, 9.17) is 11.6 Å². The molecular formula is C19H13ClF2. The van der Waals surface area contributed by atoms with Crippen molar-refractivity contribution in [2.24, 2.45) is 0 Å². The highest BCUT2D eigenvalue weighted by atomic mass is 35.5. The minimum Gasteiger partial charge on any atom is -0.206 e. The smallest absolute Gasteiger partial charge is 0.142 e. The first-order chi connectivity index (χ1) is 10.6. The maximum absolute atomic E-state index is 14.0. The largest absolute Gasteiger partial charge is 0.206 e. The van der Waals surface area contributed by atoms with E-state index >= 15 is 0 Å². The molecule has 3 aromatic carbocycles. The van der Waals surface area contributed by atoms with Crippen LogP contribution < -0.4 is 0 Å². The van der Waals surface area contributed by atoms with Gasteiger partial charge in [-0.1, -0.05) is 60.1 Å². The van der Waals surface area contributed by atoms with Gasteiger partial charge in [0.05, 0.1) is 5.02 Å². The monoisotopic (exact) mass is 314 g/mol. The Balaban J connectivity index is 2.01. The molecule has 110 valence electrons. The van der Waals surface area contributed by atoms with E-state index in [9.17, 15) is 8.78 Å². The topological polar surface area (TPSA) is 0 Å². The van der Waals surface area contributed by atoms with E-state index in [1.807, 2.05) is 37.3 Å². The number of aryl methyl sites for hydroxylation is 1. The van der Waals surface area contributed by atoms with Gasteiger partial charge in [0.1, 0.15) is 11.6 Å². The number of hydrogen-bond donors (Lipinski definition) is 0. The predicted molar refractivity (Wildman–Crippen MR) is 87.0 cm³/mol. The molecule has 0 unspecified atom stereocenters. The zero-order valence-corrected chi connectivity index (χ0v) is 12.7. The summed E-state index contributed by atoms with van der Waals surface area (Å²) in [5.74, 6) is -0.704. The van der Waals surface area contributed by atoms with Gasteiger partial charge in [0.15, 0.2) is 0 Å². The second-order valence-electron chi connectivity index (χ2n) is 5.16. The minimum atomic E-state index is -0.451. The summed E-state index contributed by atoms with van der Waals surface area (Å²) in [5.41, 5.74) is 3.61. The number of hydrogen-bond acceptors (Lipinski definition) is 0. The average molecular weight is 315 g/mol. The lowest BCUT2D eigenvalue weighted by molar-refractivity contribution is 0.628. The third kappa shape index (κ3) is 2.75. The van der Waals surface area contributed by atoms with Crippen LogP contribution in [0.5, 0.6) is 0 Å². The Morgan fingerprint density at radius 1 is 0.727 bits per heavy atom. The van der Waals surface area contributed by atoms with Gasteiger partial charge in [-0.25, -0.2) is 8.78 Å². The Morgan fingerprint density at radius 2 is 1.36 bits per heavy atom. The zero-order chi connectivity index (χ0) is 15.7. The van der Waals surface area contributed by atoms with Crippen LogP contribution in [0.2, 0.25) is 5.02 Å². The van der Waals surface area contributed by atoms with Crippen molar-refractivity contribution in [1.29, 1.82) is 0 Å². The summed E-state index contributed by atoms with van der Waals surface area (Å²) >= 11 is 5.99. The first-order valence-corrected chi connectivity index (χ1v) is 7.25. The van der Waals surface area contributed by atoms with Crippen LogP contribution in [-0.4, -0.2) is 0 Å². The molecule has 3 aromatic rings. The number of rotatable bonds is 2. The van der Waals surface area contributed by atoms with Crippen molar-refractivity contribution in [2.45, 2.75) is 6.92 Å². The molecule has 0 saturated heterocycles. The van der Waals surface area contributed by atoms with Crippen LogP contribution in [0.25, 0.3) is 22.3 Å². The van der Waals surface area contributed by atoms with Crippen molar-refractivity contribution >= 4 is 11.6 Å². The van der Waals surface area contributed by atoms with Crippen LogP contribution in [-0.2, 0) is 0 Å². The molecule has 0 aliphatic heterocycles. The summed E-state index contributed by atoms with van der Waals surface area (Å²) in [6.45, 7) is 1.85. The Kier molecular flexibility index (Phi) is 3.95. The van der Waals surface area contributed by atoms with Crippen LogP contribution in [0.1, 0.15) is 5.56 Å². The van der Waals surface area contributed by atoms with Gasteiger partial charge >= 0.3 is 0 Å². The van der Waals surface area contributed by atoms with Crippen LogP contribution in [0.3, 0.4) is 0 Å². The molecule has 3 heteroatoms. The molecule has 0 fully saturated rings. The molecule has 3 rings (SSSR count). The Hall–Kier alpha value is -2.19. The molecule has 0 N–H and O–H groups in total. The minimum absolute atomic E-state index is 0.0942. The van der Waals surface area contributed by atoms with E-state index in [0.717, 1.165) is 16.7 Å². The van der Waals surface area contributed by atoms with Gasteiger partial charge in [-0.3, -0.25) is 0 Å². The van der Waals surface area contributed by atoms with Crippen molar-refractivity contribution in [3.05, 3.63) is 82.9 Å². The highest BCUT2D eigenvalue weighted by Crippen LogP contribution is 2.32. The summed E-state index contributed by atoms with van der Waals surface area (Å²) in [7, 11) is 0. The Labute approximate surface area is 133 Å². The predicted octanol–water partition coefficient (Wildman–Crippen LogP) is 6.26. The van der Waals surface area contributed by atoms with Crippen LogP contribution in [0.15, 0.2) is 60.7 Å². The van der Waals surface area contributed by atoms with Crippen molar-refractivity contribution in [1.82, 2.24) is 0 Å². The number of halogens is 3. The normalized spacial score (nSPS) is 10.7. The molecule has 22 heavy (non-hydrogen) atoms. The van der Waals surface area contributed by atoms with Gasteiger partial charge in [-0.05, 0) is 35.7 Å². The van der Waals surface area contributed by atoms with E-state index in [0.29, 0.717) is 11.1 Å². The molecule has 0 nitrogen and oxygen atoms in total. The van der Waals surface area contributed by atoms with Gasteiger partial charge in [-0.2, -0.15) is 0 Å². The summed E-state index contributed by atoms with van der Waals surface area (Å²) in [6, 6.07) is 17.1. The second-order valence-corrected chi connectivity index (χ2v) is 5.54. The van der Waals surface area contributed by atoms with Crippen LogP contribution in [0, 0.1) is 18.6 Å². The molecule has 0 bridgehead atoms. The maximum Gasteiger partial charge on any atom is 0.142 e. The van der Waals surface area contributed by atoms with E-state index in [1.165, 1.54) is 12.1 Å². The van der Waals surface area contributed by atoms with Crippen LogP contribution >= 0.6 is 11.6 Å². The first-order valence-electron chi connectivity index (χ1n) is 6.87. The fourth-order valence-corrected chi connectivity index (χ4v) is 2.65. The second kappa shape index (κ2) is 5.90. The highest BCUT2D eigenvalue weighted by molar-refractivity contribution is 6.33. The maximum atomic E-state index is 14.0. The van der Waals surface area contributed by atoms with Crippen molar-refractivity contribution in [3.63, 3.8) is 0 Å². The van der Waals surface area contributed by atoms with Crippen LogP contribution in [0.4, 0.5) is 8.78 Å². The third-order valence-electron chi connectivity index (χ3n) is 3.58. The fraction of sp³-hybridized carbons (Fsp3) is 0.0526. The quantitative estimate of drug-likeness (QED) is 0.523. The van der Waals surface area contributed by atoms with Gasteiger partial charge in [0.2, 0.25) is 0 Å². The summed E-state index contributed by atoms with van der Waals surface area (Å²) in [4.78, 5) is 0. The molecule has 0 amide bonds. The van der Waals surface area contributed by atoms with Crippen molar-refractivity contribution in [3.8, 4) is 22.3 Å². The van der Waals surface area contributed by atoms with Gasteiger partial charge < -0.3 is 0 Å². The third-order valence-corrected chi connectivity index (χ3v) is 3.97. The average Bonchev–Trinajstić information content (AvgIpc) is 2.50. The van der Waals surface area contributed by atoms with E-state index in [1.54, 1.807) is 18.2 Å². The van der Waals surface area contributed by atoms with E-state index in [2.05, 4.69) is 0 Å². The molecule has 0 aromatic heterocycles.